The molecule has 0 aliphatic rings. The zero-order chi connectivity index (χ0) is 13.8. The monoisotopic (exact) mass is 275 g/mol. The molecule has 0 amide bonds. The molecule has 2 aromatic rings. The first kappa shape index (κ1) is 13.6. The number of carboxylic acid groups (broad SMARTS) is 1. The molecule has 0 saturated carbocycles. The molecule has 3 N–H and O–H groups in total. The summed E-state index contributed by atoms with van der Waals surface area (Å²) in [4.78, 5) is 10.8. The highest BCUT2D eigenvalue weighted by Crippen LogP contribution is 2.33. The molecule has 0 spiro atoms. The Morgan fingerprint density at radius 1 is 1.11 bits per heavy atom. The summed E-state index contributed by atoms with van der Waals surface area (Å²) < 4.78 is 0. The van der Waals surface area contributed by atoms with Crippen LogP contribution in [0.25, 0.3) is 11.1 Å². The summed E-state index contributed by atoms with van der Waals surface area (Å²) in [5.41, 5.74) is 8.49. The van der Waals surface area contributed by atoms with Crippen LogP contribution in [0.15, 0.2) is 48.5 Å². The van der Waals surface area contributed by atoms with Crippen molar-refractivity contribution in [2.24, 2.45) is 5.73 Å². The summed E-state index contributed by atoms with van der Waals surface area (Å²) in [5, 5.41) is 9.48. The van der Waals surface area contributed by atoms with Gasteiger partial charge in [-0.1, -0.05) is 54.1 Å². The van der Waals surface area contributed by atoms with Gasteiger partial charge in [-0.3, -0.25) is 4.79 Å². The van der Waals surface area contributed by atoms with Crippen LogP contribution < -0.4 is 5.73 Å². The molecule has 0 saturated heterocycles. The fraction of sp³-hybridized carbons (Fsp3) is 0.133. The third-order valence-electron chi connectivity index (χ3n) is 2.92. The first-order valence-corrected chi connectivity index (χ1v) is 6.28. The van der Waals surface area contributed by atoms with Gasteiger partial charge in [-0.15, -0.1) is 0 Å². The van der Waals surface area contributed by atoms with E-state index >= 15 is 0 Å². The summed E-state index contributed by atoms with van der Waals surface area (Å²) in [6.07, 6.45) is -0.110. The van der Waals surface area contributed by atoms with Gasteiger partial charge in [0.15, 0.2) is 0 Å². The molecule has 0 radical (unpaired) electrons. The zero-order valence-corrected chi connectivity index (χ0v) is 11.0. The van der Waals surface area contributed by atoms with Crippen molar-refractivity contribution in [1.82, 2.24) is 0 Å². The van der Waals surface area contributed by atoms with Gasteiger partial charge in [-0.05, 0) is 17.2 Å². The van der Waals surface area contributed by atoms with Crippen molar-refractivity contribution >= 4 is 17.6 Å². The predicted molar refractivity (Wildman–Crippen MR) is 76.1 cm³/mol. The van der Waals surface area contributed by atoms with Crippen molar-refractivity contribution in [3.63, 3.8) is 0 Å². The molecule has 1 atom stereocenters. The summed E-state index contributed by atoms with van der Waals surface area (Å²) >= 11 is 6.18. The van der Waals surface area contributed by atoms with Crippen LogP contribution >= 0.6 is 11.6 Å². The van der Waals surface area contributed by atoms with Gasteiger partial charge < -0.3 is 10.8 Å². The summed E-state index contributed by atoms with van der Waals surface area (Å²) in [6.45, 7) is 0. The van der Waals surface area contributed by atoms with Gasteiger partial charge in [0.2, 0.25) is 0 Å². The lowest BCUT2D eigenvalue weighted by Gasteiger charge is -2.15. The summed E-state index contributed by atoms with van der Waals surface area (Å²) in [7, 11) is 0. The molecule has 0 aliphatic carbocycles. The van der Waals surface area contributed by atoms with Gasteiger partial charge >= 0.3 is 5.97 Å². The topological polar surface area (TPSA) is 63.3 Å². The van der Waals surface area contributed by atoms with Gasteiger partial charge in [0.1, 0.15) is 0 Å². The third kappa shape index (κ3) is 3.13. The fourth-order valence-electron chi connectivity index (χ4n) is 2.04. The number of halogens is 1. The first-order valence-electron chi connectivity index (χ1n) is 5.91. The lowest BCUT2D eigenvalue weighted by Crippen LogP contribution is -2.15. The van der Waals surface area contributed by atoms with E-state index in [1.54, 1.807) is 6.07 Å². The molecular formula is C15H14ClNO2. The van der Waals surface area contributed by atoms with E-state index in [4.69, 9.17) is 22.4 Å². The summed E-state index contributed by atoms with van der Waals surface area (Å²) in [6, 6.07) is 14.4. The molecule has 0 aliphatic heterocycles. The van der Waals surface area contributed by atoms with Crippen molar-refractivity contribution in [3.8, 4) is 11.1 Å². The van der Waals surface area contributed by atoms with Crippen molar-refractivity contribution in [2.75, 3.05) is 0 Å². The number of rotatable bonds is 4. The number of carboxylic acids is 1. The Bertz CT molecular complexity index is 598. The minimum Gasteiger partial charge on any atom is -0.481 e. The highest BCUT2D eigenvalue weighted by molar-refractivity contribution is 6.33. The molecule has 2 rings (SSSR count). The van der Waals surface area contributed by atoms with Crippen LogP contribution in [0.1, 0.15) is 18.0 Å². The molecule has 4 heteroatoms. The highest BCUT2D eigenvalue weighted by atomic mass is 35.5. The van der Waals surface area contributed by atoms with Gasteiger partial charge in [-0.25, -0.2) is 0 Å². The van der Waals surface area contributed by atoms with E-state index in [-0.39, 0.29) is 6.42 Å². The Kier molecular flexibility index (Phi) is 4.20. The van der Waals surface area contributed by atoms with Crippen LogP contribution in [-0.4, -0.2) is 11.1 Å². The average molecular weight is 276 g/mol. The molecule has 0 bridgehead atoms. The van der Waals surface area contributed by atoms with E-state index in [0.717, 1.165) is 16.7 Å². The second kappa shape index (κ2) is 5.87. The minimum absolute atomic E-state index is 0.110. The Balaban J connectivity index is 2.47. The lowest BCUT2D eigenvalue weighted by atomic mass is 9.94. The molecule has 0 aromatic heterocycles. The van der Waals surface area contributed by atoms with Crippen LogP contribution in [0.5, 0.6) is 0 Å². The van der Waals surface area contributed by atoms with Crippen molar-refractivity contribution < 1.29 is 9.90 Å². The number of benzene rings is 2. The van der Waals surface area contributed by atoms with Crippen LogP contribution in [0.3, 0.4) is 0 Å². The Morgan fingerprint density at radius 3 is 2.32 bits per heavy atom. The highest BCUT2D eigenvalue weighted by Gasteiger charge is 2.16. The number of aliphatic carboxylic acids is 1. The van der Waals surface area contributed by atoms with Crippen LogP contribution in [-0.2, 0) is 4.79 Å². The van der Waals surface area contributed by atoms with Crippen molar-refractivity contribution in [3.05, 3.63) is 59.1 Å². The number of hydrogen-bond acceptors (Lipinski definition) is 2. The second-order valence-electron chi connectivity index (χ2n) is 4.27. The number of hydrogen-bond donors (Lipinski definition) is 2. The molecule has 2 aromatic carbocycles. The van der Waals surface area contributed by atoms with Crippen molar-refractivity contribution in [2.45, 2.75) is 12.5 Å². The van der Waals surface area contributed by atoms with Crippen molar-refractivity contribution in [1.29, 1.82) is 0 Å². The Hall–Kier alpha value is -1.84. The number of carbonyl (C=O) groups is 1. The maximum atomic E-state index is 10.8. The van der Waals surface area contributed by atoms with E-state index in [0.29, 0.717) is 5.02 Å². The molecule has 0 heterocycles. The van der Waals surface area contributed by atoms with Gasteiger partial charge in [0.25, 0.3) is 0 Å². The maximum Gasteiger partial charge on any atom is 0.305 e. The van der Waals surface area contributed by atoms with Gasteiger partial charge in [-0.2, -0.15) is 0 Å². The largest absolute Gasteiger partial charge is 0.481 e. The Labute approximate surface area is 116 Å². The fourth-order valence-corrected chi connectivity index (χ4v) is 2.28. The molecule has 0 fully saturated rings. The van der Waals surface area contributed by atoms with E-state index in [9.17, 15) is 4.79 Å². The van der Waals surface area contributed by atoms with E-state index in [1.807, 2.05) is 42.5 Å². The second-order valence-corrected chi connectivity index (χ2v) is 4.68. The SMILES string of the molecule is NC(CC(=O)O)c1ccccc1-c1ccccc1Cl. The molecule has 98 valence electrons. The van der Waals surface area contributed by atoms with E-state index < -0.39 is 12.0 Å². The minimum atomic E-state index is -0.915. The van der Waals surface area contributed by atoms with E-state index in [2.05, 4.69) is 0 Å². The Morgan fingerprint density at radius 2 is 1.68 bits per heavy atom. The molecule has 3 nitrogen and oxygen atoms in total. The quantitative estimate of drug-likeness (QED) is 0.898. The normalized spacial score (nSPS) is 12.1. The molecule has 1 unspecified atom stereocenters. The molecular weight excluding hydrogens is 262 g/mol. The third-order valence-corrected chi connectivity index (χ3v) is 3.25. The van der Waals surface area contributed by atoms with Crippen LogP contribution in [0.4, 0.5) is 0 Å². The summed E-state index contributed by atoms with van der Waals surface area (Å²) in [5.74, 6) is -0.915. The average Bonchev–Trinajstić information content (AvgIpc) is 2.38. The lowest BCUT2D eigenvalue weighted by molar-refractivity contribution is -0.137. The number of nitrogens with two attached hydrogens (primary N) is 1. The van der Waals surface area contributed by atoms with Gasteiger partial charge in [0.05, 0.1) is 6.42 Å². The van der Waals surface area contributed by atoms with Crippen LogP contribution in [0, 0.1) is 0 Å². The van der Waals surface area contributed by atoms with Gasteiger partial charge in [0, 0.05) is 16.6 Å². The first-order chi connectivity index (χ1) is 9.09. The van der Waals surface area contributed by atoms with Crippen LogP contribution in [0.2, 0.25) is 5.02 Å². The molecule has 19 heavy (non-hydrogen) atoms. The van der Waals surface area contributed by atoms with E-state index in [1.165, 1.54) is 0 Å². The predicted octanol–water partition coefficient (Wildman–Crippen LogP) is 3.48. The zero-order valence-electron chi connectivity index (χ0n) is 10.2. The maximum absolute atomic E-state index is 10.8. The standard InChI is InChI=1S/C15H14ClNO2/c16-13-8-4-3-6-11(13)10-5-1-2-7-12(10)14(17)9-15(18)19/h1-8,14H,9,17H2,(H,18,19). The smallest absolute Gasteiger partial charge is 0.305 e.